The van der Waals surface area contributed by atoms with Gasteiger partial charge in [-0.2, -0.15) is 9.29 Å². The molecule has 1 aliphatic rings. The average Bonchev–Trinajstić information content (AvgIpc) is 3.11. The summed E-state index contributed by atoms with van der Waals surface area (Å²) >= 11 is 5.74. The van der Waals surface area contributed by atoms with Gasteiger partial charge in [-0.3, -0.25) is 0 Å². The minimum Gasteiger partial charge on any atom is -0.379 e. The van der Waals surface area contributed by atoms with Crippen molar-refractivity contribution in [1.82, 2.24) is 14.4 Å². The summed E-state index contributed by atoms with van der Waals surface area (Å²) in [5.41, 5.74) is -1.70. The number of sulfonamides is 1. The summed E-state index contributed by atoms with van der Waals surface area (Å²) < 4.78 is 58.3. The molecule has 1 aromatic carbocycles. The topological polar surface area (TPSA) is 96.5 Å². The number of benzene rings is 1. The Hall–Kier alpha value is -1.62. The number of hydrogen-bond donors (Lipinski definition) is 1. The Morgan fingerprint density at radius 1 is 1.42 bits per heavy atom. The van der Waals surface area contributed by atoms with Crippen LogP contribution in [0, 0.1) is 18.6 Å². The van der Waals surface area contributed by atoms with E-state index >= 15 is 0 Å². The van der Waals surface area contributed by atoms with Crippen LogP contribution in [0.5, 0.6) is 0 Å². The second kappa shape index (κ2) is 5.73. The van der Waals surface area contributed by atoms with E-state index in [4.69, 9.17) is 16.1 Å². The highest BCUT2D eigenvalue weighted by Crippen LogP contribution is 2.36. The van der Waals surface area contributed by atoms with E-state index in [0.29, 0.717) is 0 Å². The van der Waals surface area contributed by atoms with Crippen LogP contribution in [0.15, 0.2) is 21.6 Å². The van der Waals surface area contributed by atoms with Gasteiger partial charge in [-0.15, -0.1) is 0 Å². The molecule has 1 N–H and O–H groups in total. The van der Waals surface area contributed by atoms with Gasteiger partial charge in [0, 0.05) is 13.0 Å². The Labute approximate surface area is 140 Å². The molecule has 0 amide bonds. The molecule has 0 bridgehead atoms. The molecule has 1 aromatic heterocycles. The fourth-order valence-electron chi connectivity index (χ4n) is 2.50. The van der Waals surface area contributed by atoms with Crippen molar-refractivity contribution < 1.29 is 26.8 Å². The number of aromatic nitrogens is 2. The molecule has 1 saturated heterocycles. The summed E-state index contributed by atoms with van der Waals surface area (Å²) in [7, 11) is -4.46. The fraction of sp³-hybridized carbons (Fsp3) is 0.385. The molecule has 1 fully saturated rings. The largest absolute Gasteiger partial charge is 0.379 e. The van der Waals surface area contributed by atoms with E-state index in [0.717, 1.165) is 16.4 Å². The van der Waals surface area contributed by atoms with Crippen LogP contribution in [-0.2, 0) is 15.6 Å². The van der Waals surface area contributed by atoms with Gasteiger partial charge >= 0.3 is 0 Å². The quantitative estimate of drug-likeness (QED) is 0.813. The van der Waals surface area contributed by atoms with Gasteiger partial charge in [0.25, 0.3) is 5.89 Å². The van der Waals surface area contributed by atoms with Crippen LogP contribution in [0.1, 0.15) is 18.1 Å². The summed E-state index contributed by atoms with van der Waals surface area (Å²) in [6.07, 6.45) is -0.0393. The van der Waals surface area contributed by atoms with Crippen LogP contribution in [0.25, 0.3) is 0 Å². The Bertz CT molecular complexity index is 905. The zero-order valence-electron chi connectivity index (χ0n) is 12.3. The molecule has 1 aliphatic heterocycles. The van der Waals surface area contributed by atoms with Crippen molar-refractivity contribution in [2.24, 2.45) is 0 Å². The lowest BCUT2D eigenvalue weighted by atomic mass is 10.0. The lowest BCUT2D eigenvalue weighted by Crippen LogP contribution is -2.35. The summed E-state index contributed by atoms with van der Waals surface area (Å²) in [6.45, 7) is 0.956. The van der Waals surface area contributed by atoms with E-state index in [1.54, 1.807) is 6.92 Å². The number of aryl methyl sites for hydroxylation is 1. The van der Waals surface area contributed by atoms with Gasteiger partial charge in [0.1, 0.15) is 4.90 Å². The molecule has 130 valence electrons. The molecule has 0 aliphatic carbocycles. The summed E-state index contributed by atoms with van der Waals surface area (Å²) in [5.74, 6) is -2.76. The first-order chi connectivity index (χ1) is 11.1. The first-order valence-electron chi connectivity index (χ1n) is 6.82. The molecule has 1 atom stereocenters. The Kier molecular flexibility index (Phi) is 4.11. The number of nitrogens with zero attached hydrogens (tertiary/aromatic N) is 3. The Balaban J connectivity index is 1.97. The first-order valence-corrected chi connectivity index (χ1v) is 8.64. The zero-order chi connectivity index (χ0) is 17.7. The van der Waals surface area contributed by atoms with Crippen molar-refractivity contribution in [3.63, 3.8) is 0 Å². The minimum absolute atomic E-state index is 0.0393. The number of rotatable bonds is 3. The van der Waals surface area contributed by atoms with Gasteiger partial charge in [0.15, 0.2) is 23.1 Å². The molecule has 3 rings (SSSR count). The van der Waals surface area contributed by atoms with Crippen LogP contribution in [-0.4, -0.2) is 41.1 Å². The predicted molar refractivity (Wildman–Crippen MR) is 77.7 cm³/mol. The SMILES string of the molecule is Cc1noc([C@]2(O)CCN(S(=O)(=O)c3c(Cl)ccc(F)c3F)C2)n1. The molecule has 2 heterocycles. The van der Waals surface area contributed by atoms with Crippen molar-refractivity contribution >= 4 is 21.6 Å². The maximum absolute atomic E-state index is 14.0. The molecule has 0 saturated carbocycles. The van der Waals surface area contributed by atoms with E-state index < -0.39 is 43.7 Å². The maximum Gasteiger partial charge on any atom is 0.260 e. The molecule has 0 unspecified atom stereocenters. The summed E-state index contributed by atoms with van der Waals surface area (Å²) in [5, 5.41) is 13.6. The zero-order valence-corrected chi connectivity index (χ0v) is 13.9. The van der Waals surface area contributed by atoms with E-state index in [1.165, 1.54) is 0 Å². The van der Waals surface area contributed by atoms with Crippen LogP contribution in [0.4, 0.5) is 8.78 Å². The van der Waals surface area contributed by atoms with Gasteiger partial charge in [0.05, 0.1) is 11.6 Å². The van der Waals surface area contributed by atoms with Crippen LogP contribution < -0.4 is 0 Å². The highest BCUT2D eigenvalue weighted by Gasteiger charge is 2.47. The molecule has 2 aromatic rings. The first kappa shape index (κ1) is 17.2. The van der Waals surface area contributed by atoms with Gasteiger partial charge in [-0.05, 0) is 19.1 Å². The number of hydrogen-bond acceptors (Lipinski definition) is 6. The third kappa shape index (κ3) is 2.69. The van der Waals surface area contributed by atoms with Gasteiger partial charge < -0.3 is 9.63 Å². The molecular formula is C13H12ClF2N3O4S. The molecule has 7 nitrogen and oxygen atoms in total. The molecule has 24 heavy (non-hydrogen) atoms. The second-order valence-corrected chi connectivity index (χ2v) is 7.72. The van der Waals surface area contributed by atoms with E-state index in [1.807, 2.05) is 0 Å². The van der Waals surface area contributed by atoms with E-state index in [9.17, 15) is 22.3 Å². The predicted octanol–water partition coefficient (Wildman–Crippen LogP) is 1.59. The molecular weight excluding hydrogens is 368 g/mol. The van der Waals surface area contributed by atoms with Crippen molar-refractivity contribution in [3.05, 3.63) is 40.5 Å². The number of halogens is 3. The Morgan fingerprint density at radius 3 is 2.75 bits per heavy atom. The van der Waals surface area contributed by atoms with Crippen molar-refractivity contribution in [2.75, 3.05) is 13.1 Å². The van der Waals surface area contributed by atoms with E-state index in [2.05, 4.69) is 10.1 Å². The minimum atomic E-state index is -4.46. The average molecular weight is 380 g/mol. The highest BCUT2D eigenvalue weighted by atomic mass is 35.5. The van der Waals surface area contributed by atoms with Crippen LogP contribution in [0.2, 0.25) is 5.02 Å². The van der Waals surface area contributed by atoms with Crippen molar-refractivity contribution in [3.8, 4) is 0 Å². The summed E-state index contributed by atoms with van der Waals surface area (Å²) in [6, 6.07) is 1.69. The number of β-amino-alcohol motifs (C(OH)–C–C–N with tert-alkyl or cyclic N) is 1. The van der Waals surface area contributed by atoms with Crippen molar-refractivity contribution in [1.29, 1.82) is 0 Å². The fourth-order valence-corrected chi connectivity index (χ4v) is 4.55. The number of aliphatic hydroxyl groups is 1. The molecule has 11 heteroatoms. The molecule has 0 spiro atoms. The van der Waals surface area contributed by atoms with Crippen LogP contribution >= 0.6 is 11.6 Å². The third-order valence-corrected chi connectivity index (χ3v) is 6.07. The third-order valence-electron chi connectivity index (χ3n) is 3.74. The Morgan fingerprint density at radius 2 is 2.12 bits per heavy atom. The monoisotopic (exact) mass is 379 g/mol. The summed E-state index contributed by atoms with van der Waals surface area (Å²) in [4.78, 5) is 2.93. The standard InChI is InChI=1S/C13H12ClF2N3O4S/c1-7-17-12(23-18-7)13(20)4-5-19(6-13)24(21,22)11-8(14)2-3-9(15)10(11)16/h2-3,20H,4-6H2,1H3/t13-/m0/s1. The normalized spacial score (nSPS) is 22.2. The maximum atomic E-state index is 14.0. The lowest BCUT2D eigenvalue weighted by Gasteiger charge is -2.20. The van der Waals surface area contributed by atoms with E-state index in [-0.39, 0.29) is 24.7 Å². The highest BCUT2D eigenvalue weighted by molar-refractivity contribution is 7.89. The van der Waals surface area contributed by atoms with Crippen molar-refractivity contribution in [2.45, 2.75) is 23.8 Å². The van der Waals surface area contributed by atoms with Gasteiger partial charge in [0.2, 0.25) is 10.0 Å². The van der Waals surface area contributed by atoms with Gasteiger partial charge in [-0.25, -0.2) is 17.2 Å². The smallest absolute Gasteiger partial charge is 0.260 e. The second-order valence-electron chi connectivity index (χ2n) is 5.44. The lowest BCUT2D eigenvalue weighted by molar-refractivity contribution is 0.0194. The van der Waals surface area contributed by atoms with Gasteiger partial charge in [-0.1, -0.05) is 16.8 Å². The molecule has 0 radical (unpaired) electrons. The van der Waals surface area contributed by atoms with Crippen LogP contribution in [0.3, 0.4) is 0 Å².